The number of halogens is 1. The fraction of sp³-hybridized carbons (Fsp3) is 0.250. The van der Waals surface area contributed by atoms with Crippen molar-refractivity contribution in [2.45, 2.75) is 26.3 Å². The highest BCUT2D eigenvalue weighted by Gasteiger charge is 2.03. The van der Waals surface area contributed by atoms with Crippen LogP contribution in [0.1, 0.15) is 22.9 Å². The van der Waals surface area contributed by atoms with Crippen molar-refractivity contribution in [3.63, 3.8) is 0 Å². The smallest absolute Gasteiger partial charge is 0.329 e. The maximum atomic E-state index is 11.0. The van der Waals surface area contributed by atoms with Gasteiger partial charge in [-0.3, -0.25) is 10.2 Å². The minimum absolute atomic E-state index is 0. The van der Waals surface area contributed by atoms with Crippen LogP contribution in [0.2, 0.25) is 0 Å². The molecule has 0 saturated heterocycles. The second-order valence-electron chi connectivity index (χ2n) is 5.09. The van der Waals surface area contributed by atoms with E-state index in [1.165, 1.54) is 17.4 Å². The monoisotopic (exact) mass is 368 g/mol. The number of benzene rings is 1. The molecule has 1 aromatic carbocycles. The van der Waals surface area contributed by atoms with Crippen molar-refractivity contribution in [1.29, 1.82) is 0 Å². The van der Waals surface area contributed by atoms with E-state index in [0.29, 0.717) is 6.54 Å². The Balaban J connectivity index is 0.00000288. The van der Waals surface area contributed by atoms with Crippen LogP contribution < -0.4 is 21.9 Å². The van der Waals surface area contributed by atoms with Crippen molar-refractivity contribution >= 4 is 40.7 Å². The molecule has 0 atom stereocenters. The highest BCUT2D eigenvalue weighted by Crippen LogP contribution is 2.23. The molecule has 6 nitrogen and oxygen atoms in total. The number of rotatable bonds is 6. The Kier molecular flexibility index (Phi) is 8.25. The van der Waals surface area contributed by atoms with Crippen LogP contribution in [-0.2, 0) is 24.2 Å². The Morgan fingerprint density at radius 2 is 1.71 bits per heavy atom. The first-order chi connectivity index (χ1) is 11.1. The molecule has 0 aliphatic rings. The molecule has 130 valence electrons. The number of carbonyl (C=O) groups excluding carboxylic acids is 2. The van der Waals surface area contributed by atoms with E-state index < -0.39 is 6.03 Å². The number of thiophene rings is 1. The van der Waals surface area contributed by atoms with E-state index in [1.54, 1.807) is 11.3 Å². The zero-order valence-corrected chi connectivity index (χ0v) is 14.9. The molecular formula is C16H21ClN4O2S. The van der Waals surface area contributed by atoms with Crippen molar-refractivity contribution in [2.75, 3.05) is 5.32 Å². The van der Waals surface area contributed by atoms with Gasteiger partial charge in [0.1, 0.15) is 0 Å². The van der Waals surface area contributed by atoms with Gasteiger partial charge in [-0.05, 0) is 36.1 Å². The highest BCUT2D eigenvalue weighted by atomic mass is 35.5. The molecule has 24 heavy (non-hydrogen) atoms. The van der Waals surface area contributed by atoms with Gasteiger partial charge in [0, 0.05) is 18.3 Å². The average molecular weight is 369 g/mol. The summed E-state index contributed by atoms with van der Waals surface area (Å²) in [6.07, 6.45) is 1.86. The molecule has 0 saturated carbocycles. The normalized spacial score (nSPS) is 9.75. The predicted octanol–water partition coefficient (Wildman–Crippen LogP) is 2.59. The van der Waals surface area contributed by atoms with Crippen molar-refractivity contribution in [2.24, 2.45) is 5.84 Å². The van der Waals surface area contributed by atoms with Crippen molar-refractivity contribution < 1.29 is 9.59 Å². The van der Waals surface area contributed by atoms with Crippen LogP contribution in [0.4, 0.5) is 9.80 Å². The molecule has 0 aliphatic carbocycles. The second-order valence-corrected chi connectivity index (χ2v) is 6.26. The summed E-state index contributed by atoms with van der Waals surface area (Å²) in [6, 6.07) is 11.7. The standard InChI is InChI=1S/C16H20N4O2S.ClH/c1-11(21)19-15-9-8-14(23-15)7-6-12-2-4-13(5-3-12)10-18-16(22)20-17;/h2-5,8-9H,6-7,10,17H2,1H3,(H,19,21)(H2,18,20,22);1H. The number of urea groups is 1. The number of nitrogens with one attached hydrogen (secondary N) is 3. The lowest BCUT2D eigenvalue weighted by atomic mass is 10.1. The first-order valence-electron chi connectivity index (χ1n) is 7.25. The Bertz CT molecular complexity index is 673. The number of hydrazine groups is 1. The number of aryl methyl sites for hydroxylation is 2. The van der Waals surface area contributed by atoms with Crippen molar-refractivity contribution in [3.8, 4) is 0 Å². The molecule has 0 spiro atoms. The summed E-state index contributed by atoms with van der Waals surface area (Å²) >= 11 is 1.60. The van der Waals surface area contributed by atoms with Crippen LogP contribution in [0, 0.1) is 0 Å². The van der Waals surface area contributed by atoms with Gasteiger partial charge in [-0.1, -0.05) is 24.3 Å². The number of anilines is 1. The third kappa shape index (κ3) is 6.57. The Morgan fingerprint density at radius 3 is 2.33 bits per heavy atom. The van der Waals surface area contributed by atoms with Gasteiger partial charge in [0.05, 0.1) is 5.00 Å². The molecule has 1 heterocycles. The SMILES string of the molecule is CC(=O)Nc1ccc(CCc2ccc(CNC(=O)NN)cc2)s1.Cl. The number of hydrogen-bond acceptors (Lipinski definition) is 4. The molecule has 2 aromatic rings. The number of amides is 3. The minimum atomic E-state index is -0.401. The molecule has 5 N–H and O–H groups in total. The maximum absolute atomic E-state index is 11.0. The van der Waals surface area contributed by atoms with Gasteiger partial charge in [0.25, 0.3) is 0 Å². The average Bonchev–Trinajstić information content (AvgIpc) is 2.98. The molecule has 0 unspecified atom stereocenters. The Morgan fingerprint density at radius 1 is 1.04 bits per heavy atom. The predicted molar refractivity (Wildman–Crippen MR) is 99.3 cm³/mol. The fourth-order valence-electron chi connectivity index (χ4n) is 2.08. The number of hydrogen-bond donors (Lipinski definition) is 4. The summed E-state index contributed by atoms with van der Waals surface area (Å²) in [7, 11) is 0. The summed E-state index contributed by atoms with van der Waals surface area (Å²) in [6.45, 7) is 1.95. The lowest BCUT2D eigenvalue weighted by Gasteiger charge is -2.05. The zero-order valence-electron chi connectivity index (χ0n) is 13.3. The van der Waals surface area contributed by atoms with Crippen LogP contribution in [0.15, 0.2) is 36.4 Å². The molecule has 0 aliphatic heterocycles. The van der Waals surface area contributed by atoms with Crippen molar-refractivity contribution in [3.05, 3.63) is 52.4 Å². The molecule has 0 bridgehead atoms. The van der Waals surface area contributed by atoms with Gasteiger partial charge in [-0.25, -0.2) is 10.6 Å². The molecule has 2 rings (SSSR count). The fourth-order valence-corrected chi connectivity index (χ4v) is 3.03. The Hall–Kier alpha value is -2.09. The van der Waals surface area contributed by atoms with Crippen LogP contribution in [-0.4, -0.2) is 11.9 Å². The first kappa shape index (κ1) is 20.0. The van der Waals surface area contributed by atoms with Gasteiger partial charge >= 0.3 is 6.03 Å². The van der Waals surface area contributed by atoms with Gasteiger partial charge in [0.2, 0.25) is 5.91 Å². The number of carbonyl (C=O) groups is 2. The van der Waals surface area contributed by atoms with E-state index >= 15 is 0 Å². The largest absolute Gasteiger partial charge is 0.333 e. The lowest BCUT2D eigenvalue weighted by molar-refractivity contribution is -0.114. The quantitative estimate of drug-likeness (QED) is 0.358. The van der Waals surface area contributed by atoms with Gasteiger partial charge in [0.15, 0.2) is 0 Å². The van der Waals surface area contributed by atoms with E-state index in [9.17, 15) is 9.59 Å². The van der Waals surface area contributed by atoms with Crippen LogP contribution in [0.25, 0.3) is 0 Å². The van der Waals surface area contributed by atoms with Crippen molar-refractivity contribution in [1.82, 2.24) is 10.7 Å². The van der Waals surface area contributed by atoms with Crippen LogP contribution in [0.5, 0.6) is 0 Å². The van der Waals surface area contributed by atoms with E-state index in [-0.39, 0.29) is 18.3 Å². The topological polar surface area (TPSA) is 96.2 Å². The third-order valence-electron chi connectivity index (χ3n) is 3.23. The first-order valence-corrected chi connectivity index (χ1v) is 8.07. The molecular weight excluding hydrogens is 348 g/mol. The molecule has 3 amide bonds. The van der Waals surface area contributed by atoms with Crippen LogP contribution in [0.3, 0.4) is 0 Å². The van der Waals surface area contributed by atoms with Gasteiger partial charge in [-0.2, -0.15) is 0 Å². The highest BCUT2D eigenvalue weighted by molar-refractivity contribution is 7.16. The molecule has 8 heteroatoms. The minimum Gasteiger partial charge on any atom is -0.333 e. The van der Waals surface area contributed by atoms with E-state index in [2.05, 4.69) is 22.8 Å². The lowest BCUT2D eigenvalue weighted by Crippen LogP contribution is -2.39. The molecule has 0 fully saturated rings. The zero-order chi connectivity index (χ0) is 16.7. The summed E-state index contributed by atoms with van der Waals surface area (Å²) in [5, 5.41) is 6.31. The summed E-state index contributed by atoms with van der Waals surface area (Å²) in [5.74, 6) is 4.95. The van der Waals surface area contributed by atoms with E-state index in [1.807, 2.05) is 29.7 Å². The summed E-state index contributed by atoms with van der Waals surface area (Å²) in [4.78, 5) is 23.3. The second kappa shape index (κ2) is 9.92. The summed E-state index contributed by atoms with van der Waals surface area (Å²) in [5.41, 5.74) is 4.27. The third-order valence-corrected chi connectivity index (χ3v) is 4.29. The van der Waals surface area contributed by atoms with E-state index in [0.717, 1.165) is 23.4 Å². The van der Waals surface area contributed by atoms with Crippen LogP contribution >= 0.6 is 23.7 Å². The van der Waals surface area contributed by atoms with E-state index in [4.69, 9.17) is 5.84 Å². The van der Waals surface area contributed by atoms with Gasteiger partial charge < -0.3 is 10.6 Å². The number of nitrogens with two attached hydrogens (primary N) is 1. The maximum Gasteiger partial charge on any atom is 0.329 e. The summed E-state index contributed by atoms with van der Waals surface area (Å²) < 4.78 is 0. The molecule has 1 aromatic heterocycles. The van der Waals surface area contributed by atoms with Gasteiger partial charge in [-0.15, -0.1) is 23.7 Å². The Labute approximate surface area is 151 Å². The molecule has 0 radical (unpaired) electrons.